The molecule has 0 aromatic heterocycles. The third-order valence-electron chi connectivity index (χ3n) is 1.76. The summed E-state index contributed by atoms with van der Waals surface area (Å²) in [4.78, 5) is 10.9. The summed E-state index contributed by atoms with van der Waals surface area (Å²) in [6.07, 6.45) is 0. The van der Waals surface area contributed by atoms with Gasteiger partial charge in [-0.3, -0.25) is 5.43 Å². The first kappa shape index (κ1) is 9.54. The van der Waals surface area contributed by atoms with E-state index >= 15 is 0 Å². The van der Waals surface area contributed by atoms with Crippen LogP contribution in [0, 0.1) is 13.8 Å². The highest BCUT2D eigenvalue weighted by atomic mass is 16.2. The van der Waals surface area contributed by atoms with E-state index < -0.39 is 6.03 Å². The number of carbonyl (C=O) groups excluding carboxylic acids is 1. The first-order valence-corrected chi connectivity index (χ1v) is 3.98. The first-order chi connectivity index (χ1) is 6.13. The second kappa shape index (κ2) is 3.91. The van der Waals surface area contributed by atoms with Gasteiger partial charge in [0.2, 0.25) is 0 Å². The van der Waals surface area contributed by atoms with Gasteiger partial charge in [-0.05, 0) is 25.5 Å². The maximum Gasteiger partial charge on any atom is 0.333 e. The van der Waals surface area contributed by atoms with E-state index in [1.165, 1.54) is 0 Å². The van der Waals surface area contributed by atoms with Crippen molar-refractivity contribution in [3.8, 4) is 0 Å². The molecule has 2 amide bonds. The van der Waals surface area contributed by atoms with E-state index in [2.05, 4.69) is 5.32 Å². The minimum atomic E-state index is -0.410. The SMILES string of the molecule is Cc1ccc(NC(=O)NN)c(C)c1. The van der Waals surface area contributed by atoms with Gasteiger partial charge in [-0.15, -0.1) is 0 Å². The maximum absolute atomic E-state index is 10.9. The number of carbonyl (C=O) groups is 1. The summed E-state index contributed by atoms with van der Waals surface area (Å²) in [5.41, 5.74) is 4.96. The summed E-state index contributed by atoms with van der Waals surface area (Å²) < 4.78 is 0. The van der Waals surface area contributed by atoms with E-state index in [9.17, 15) is 4.79 Å². The third-order valence-corrected chi connectivity index (χ3v) is 1.76. The molecule has 0 aliphatic heterocycles. The van der Waals surface area contributed by atoms with Crippen LogP contribution in [-0.2, 0) is 0 Å². The van der Waals surface area contributed by atoms with E-state index in [1.54, 1.807) is 0 Å². The zero-order chi connectivity index (χ0) is 9.84. The number of nitrogens with two attached hydrogens (primary N) is 1. The fourth-order valence-electron chi connectivity index (χ4n) is 1.11. The van der Waals surface area contributed by atoms with Gasteiger partial charge in [0.1, 0.15) is 0 Å². The lowest BCUT2D eigenvalue weighted by Gasteiger charge is -2.07. The van der Waals surface area contributed by atoms with Gasteiger partial charge in [0.25, 0.3) is 0 Å². The molecule has 70 valence electrons. The van der Waals surface area contributed by atoms with Gasteiger partial charge < -0.3 is 5.32 Å². The van der Waals surface area contributed by atoms with Crippen molar-refractivity contribution in [3.05, 3.63) is 29.3 Å². The maximum atomic E-state index is 10.9. The van der Waals surface area contributed by atoms with Crippen LogP contribution >= 0.6 is 0 Å². The van der Waals surface area contributed by atoms with Crippen LogP contribution in [0.4, 0.5) is 10.5 Å². The molecule has 0 aliphatic rings. The van der Waals surface area contributed by atoms with Crippen LogP contribution in [-0.4, -0.2) is 6.03 Å². The standard InChI is InChI=1S/C9H13N3O/c1-6-3-4-8(7(2)5-6)11-9(13)12-10/h3-5H,10H2,1-2H3,(H2,11,12,13). The topological polar surface area (TPSA) is 67.2 Å². The van der Waals surface area contributed by atoms with Gasteiger partial charge >= 0.3 is 6.03 Å². The summed E-state index contributed by atoms with van der Waals surface area (Å²) in [5, 5.41) is 2.61. The monoisotopic (exact) mass is 179 g/mol. The Balaban J connectivity index is 2.83. The molecule has 0 heterocycles. The number of amides is 2. The Kier molecular flexibility index (Phi) is 2.87. The molecule has 4 N–H and O–H groups in total. The number of aryl methyl sites for hydroxylation is 2. The average Bonchev–Trinajstić information content (AvgIpc) is 2.09. The van der Waals surface area contributed by atoms with E-state index in [4.69, 9.17) is 5.84 Å². The molecule has 4 heteroatoms. The van der Waals surface area contributed by atoms with Crippen molar-refractivity contribution in [2.45, 2.75) is 13.8 Å². The van der Waals surface area contributed by atoms with Gasteiger partial charge in [0.05, 0.1) is 0 Å². The van der Waals surface area contributed by atoms with Gasteiger partial charge in [-0.25, -0.2) is 10.6 Å². The van der Waals surface area contributed by atoms with E-state index in [0.29, 0.717) is 0 Å². The molecule has 0 unspecified atom stereocenters. The molecule has 0 atom stereocenters. The summed E-state index contributed by atoms with van der Waals surface area (Å²) in [6.45, 7) is 3.93. The number of hydrazine groups is 1. The molecule has 0 radical (unpaired) electrons. The Labute approximate surface area is 77.1 Å². The van der Waals surface area contributed by atoms with Gasteiger partial charge in [0, 0.05) is 5.69 Å². The second-order valence-corrected chi connectivity index (χ2v) is 2.92. The van der Waals surface area contributed by atoms with Gasteiger partial charge in [-0.2, -0.15) is 0 Å². The highest BCUT2D eigenvalue weighted by Gasteiger charge is 2.01. The van der Waals surface area contributed by atoms with Gasteiger partial charge in [0.15, 0.2) is 0 Å². The molecule has 0 bridgehead atoms. The van der Waals surface area contributed by atoms with Crippen molar-refractivity contribution >= 4 is 11.7 Å². The van der Waals surface area contributed by atoms with Crippen molar-refractivity contribution in [1.29, 1.82) is 0 Å². The second-order valence-electron chi connectivity index (χ2n) is 2.92. The number of rotatable bonds is 1. The highest BCUT2D eigenvalue weighted by molar-refractivity contribution is 5.89. The van der Waals surface area contributed by atoms with Crippen LogP contribution < -0.4 is 16.6 Å². The lowest BCUT2D eigenvalue weighted by molar-refractivity contribution is 0.252. The normalized spacial score (nSPS) is 9.46. The average molecular weight is 179 g/mol. The Morgan fingerprint density at radius 2 is 2.08 bits per heavy atom. The third kappa shape index (κ3) is 2.45. The number of nitrogens with one attached hydrogen (secondary N) is 2. The van der Waals surface area contributed by atoms with Crippen molar-refractivity contribution < 1.29 is 4.79 Å². The molecular formula is C9H13N3O. The molecule has 0 saturated carbocycles. The fourth-order valence-corrected chi connectivity index (χ4v) is 1.11. The predicted octanol–water partition coefficient (Wildman–Crippen LogP) is 1.30. The van der Waals surface area contributed by atoms with E-state index in [0.717, 1.165) is 16.8 Å². The Bertz CT molecular complexity index is 323. The van der Waals surface area contributed by atoms with Crippen LogP contribution in [0.1, 0.15) is 11.1 Å². The van der Waals surface area contributed by atoms with Crippen molar-refractivity contribution in [1.82, 2.24) is 5.43 Å². The lowest BCUT2D eigenvalue weighted by atomic mass is 10.1. The molecule has 0 spiro atoms. The van der Waals surface area contributed by atoms with Gasteiger partial charge in [-0.1, -0.05) is 17.7 Å². The Morgan fingerprint density at radius 1 is 1.38 bits per heavy atom. The zero-order valence-corrected chi connectivity index (χ0v) is 7.72. The largest absolute Gasteiger partial charge is 0.333 e. The molecule has 1 aromatic rings. The van der Waals surface area contributed by atoms with Crippen LogP contribution in [0.25, 0.3) is 0 Å². The smallest absolute Gasteiger partial charge is 0.307 e. The Morgan fingerprint density at radius 3 is 2.62 bits per heavy atom. The molecule has 0 fully saturated rings. The van der Waals surface area contributed by atoms with E-state index in [-0.39, 0.29) is 0 Å². The molecule has 4 nitrogen and oxygen atoms in total. The zero-order valence-electron chi connectivity index (χ0n) is 7.72. The number of anilines is 1. The lowest BCUT2D eigenvalue weighted by Crippen LogP contribution is -2.34. The summed E-state index contributed by atoms with van der Waals surface area (Å²) >= 11 is 0. The minimum Gasteiger partial charge on any atom is -0.307 e. The molecule has 1 aromatic carbocycles. The number of benzene rings is 1. The highest BCUT2D eigenvalue weighted by Crippen LogP contribution is 2.15. The predicted molar refractivity (Wildman–Crippen MR) is 52.3 cm³/mol. The molecule has 0 aliphatic carbocycles. The summed E-state index contributed by atoms with van der Waals surface area (Å²) in [6, 6.07) is 5.36. The molecule has 13 heavy (non-hydrogen) atoms. The fraction of sp³-hybridized carbons (Fsp3) is 0.222. The van der Waals surface area contributed by atoms with Crippen molar-refractivity contribution in [2.24, 2.45) is 5.84 Å². The minimum absolute atomic E-state index is 0.410. The van der Waals surface area contributed by atoms with Crippen molar-refractivity contribution in [3.63, 3.8) is 0 Å². The number of urea groups is 1. The van der Waals surface area contributed by atoms with Crippen LogP contribution in [0.5, 0.6) is 0 Å². The van der Waals surface area contributed by atoms with E-state index in [1.807, 2.05) is 37.5 Å². The summed E-state index contributed by atoms with van der Waals surface area (Å²) in [5.74, 6) is 4.94. The Hall–Kier alpha value is -1.55. The molecule has 0 saturated heterocycles. The summed E-state index contributed by atoms with van der Waals surface area (Å²) in [7, 11) is 0. The van der Waals surface area contributed by atoms with Crippen LogP contribution in [0.2, 0.25) is 0 Å². The van der Waals surface area contributed by atoms with Crippen LogP contribution in [0.3, 0.4) is 0 Å². The first-order valence-electron chi connectivity index (χ1n) is 3.98. The van der Waals surface area contributed by atoms with Crippen molar-refractivity contribution in [2.75, 3.05) is 5.32 Å². The number of hydrogen-bond donors (Lipinski definition) is 3. The molecule has 1 rings (SSSR count). The van der Waals surface area contributed by atoms with Crippen LogP contribution in [0.15, 0.2) is 18.2 Å². The quantitative estimate of drug-likeness (QED) is 0.345. The number of hydrogen-bond acceptors (Lipinski definition) is 2. The molecular weight excluding hydrogens is 166 g/mol.